The first-order chi connectivity index (χ1) is 8.27. The van der Waals surface area contributed by atoms with E-state index < -0.39 is 5.97 Å². The van der Waals surface area contributed by atoms with Crippen LogP contribution < -0.4 is 5.32 Å². The van der Waals surface area contributed by atoms with Gasteiger partial charge in [-0.25, -0.2) is 4.79 Å². The number of aromatic nitrogens is 2. The molecule has 92 valence electrons. The highest BCUT2D eigenvalue weighted by Gasteiger charge is 2.17. The predicted octanol–water partition coefficient (Wildman–Crippen LogP) is 2.31. The van der Waals surface area contributed by atoms with Gasteiger partial charge in [-0.2, -0.15) is 5.10 Å². The number of aromatic carboxylic acids is 1. The minimum atomic E-state index is -0.962. The summed E-state index contributed by atoms with van der Waals surface area (Å²) in [4.78, 5) is 11.0. The Morgan fingerprint density at radius 2 is 2.00 bits per heavy atom. The van der Waals surface area contributed by atoms with Crippen molar-refractivity contribution in [1.82, 2.24) is 10.2 Å². The highest BCUT2D eigenvalue weighted by molar-refractivity contribution is 5.92. The fourth-order valence-electron chi connectivity index (χ4n) is 2.23. The van der Waals surface area contributed by atoms with E-state index in [0.29, 0.717) is 11.9 Å². The third kappa shape index (κ3) is 3.15. The first-order valence-electron chi connectivity index (χ1n) is 6.09. The maximum absolute atomic E-state index is 11.0. The monoisotopic (exact) mass is 235 g/mol. The molecule has 0 amide bonds. The summed E-state index contributed by atoms with van der Waals surface area (Å²) in [6.07, 6.45) is 8.49. The average molecular weight is 235 g/mol. The summed E-state index contributed by atoms with van der Waals surface area (Å²) < 4.78 is 0. The molecule has 1 aromatic rings. The molecule has 0 atom stereocenters. The Kier molecular flexibility index (Phi) is 3.90. The van der Waals surface area contributed by atoms with Crippen molar-refractivity contribution in [1.29, 1.82) is 0 Å². The van der Waals surface area contributed by atoms with E-state index >= 15 is 0 Å². The van der Waals surface area contributed by atoms with Crippen molar-refractivity contribution in [2.75, 3.05) is 5.32 Å². The van der Waals surface area contributed by atoms with Crippen molar-refractivity contribution in [3.63, 3.8) is 0 Å². The van der Waals surface area contributed by atoms with E-state index in [1.807, 2.05) is 0 Å². The van der Waals surface area contributed by atoms with E-state index in [9.17, 15) is 4.79 Å². The van der Waals surface area contributed by atoms with Crippen molar-refractivity contribution in [3.8, 4) is 0 Å². The zero-order valence-electron chi connectivity index (χ0n) is 9.72. The maximum Gasteiger partial charge on any atom is 0.339 e. The zero-order valence-corrected chi connectivity index (χ0v) is 9.72. The van der Waals surface area contributed by atoms with Gasteiger partial charge >= 0.3 is 5.97 Å². The smallest absolute Gasteiger partial charge is 0.339 e. The number of rotatable bonds is 3. The first kappa shape index (κ1) is 11.8. The predicted molar refractivity (Wildman–Crippen MR) is 64.1 cm³/mol. The van der Waals surface area contributed by atoms with Crippen LogP contribution in [0, 0.1) is 0 Å². The van der Waals surface area contributed by atoms with Gasteiger partial charge in [0.1, 0.15) is 5.56 Å². The Labute approximate surface area is 100 Å². The van der Waals surface area contributed by atoms with Crippen LogP contribution in [0.1, 0.15) is 48.9 Å². The molecule has 17 heavy (non-hydrogen) atoms. The third-order valence-corrected chi connectivity index (χ3v) is 3.15. The van der Waals surface area contributed by atoms with Crippen LogP contribution in [0.25, 0.3) is 0 Å². The van der Waals surface area contributed by atoms with Crippen LogP contribution in [0.5, 0.6) is 0 Å². The van der Waals surface area contributed by atoms with E-state index in [1.165, 1.54) is 37.9 Å². The van der Waals surface area contributed by atoms with Gasteiger partial charge in [-0.3, -0.25) is 0 Å². The molecule has 1 aliphatic rings. The van der Waals surface area contributed by atoms with Gasteiger partial charge < -0.3 is 10.4 Å². The summed E-state index contributed by atoms with van der Waals surface area (Å²) in [5.74, 6) is -0.567. The molecule has 0 radical (unpaired) electrons. The number of nitrogens with zero attached hydrogens (tertiary/aromatic N) is 2. The molecule has 1 aliphatic carbocycles. The molecule has 0 saturated heterocycles. The summed E-state index contributed by atoms with van der Waals surface area (Å²) in [6, 6.07) is 1.81. The fourth-order valence-corrected chi connectivity index (χ4v) is 2.23. The topological polar surface area (TPSA) is 75.1 Å². The Morgan fingerprint density at radius 3 is 2.65 bits per heavy atom. The van der Waals surface area contributed by atoms with Crippen molar-refractivity contribution in [2.24, 2.45) is 0 Å². The lowest BCUT2D eigenvalue weighted by Gasteiger charge is -2.17. The van der Waals surface area contributed by atoms with Crippen molar-refractivity contribution >= 4 is 11.8 Å². The molecule has 0 aliphatic heterocycles. The number of carboxylic acid groups (broad SMARTS) is 1. The second-order valence-electron chi connectivity index (χ2n) is 4.43. The lowest BCUT2D eigenvalue weighted by atomic mass is 10.1. The average Bonchev–Trinajstić information content (AvgIpc) is 2.58. The number of anilines is 1. The normalized spacial score (nSPS) is 17.4. The van der Waals surface area contributed by atoms with Gasteiger partial charge in [0.05, 0.1) is 6.20 Å². The summed E-state index contributed by atoms with van der Waals surface area (Å²) in [5, 5.41) is 19.9. The molecular formula is C12H17N3O2. The van der Waals surface area contributed by atoms with Gasteiger partial charge in [-0.1, -0.05) is 25.7 Å². The number of carbonyl (C=O) groups is 1. The molecule has 5 heteroatoms. The number of hydrogen-bond acceptors (Lipinski definition) is 4. The van der Waals surface area contributed by atoms with Crippen LogP contribution in [0.3, 0.4) is 0 Å². The summed E-state index contributed by atoms with van der Waals surface area (Å²) >= 11 is 0. The first-order valence-corrected chi connectivity index (χ1v) is 6.09. The lowest BCUT2D eigenvalue weighted by molar-refractivity contribution is 0.0697. The van der Waals surface area contributed by atoms with Crippen LogP contribution in [-0.4, -0.2) is 27.3 Å². The van der Waals surface area contributed by atoms with Crippen LogP contribution in [0.15, 0.2) is 12.3 Å². The maximum atomic E-state index is 11.0. The van der Waals surface area contributed by atoms with Crippen LogP contribution in [0.4, 0.5) is 5.82 Å². The van der Waals surface area contributed by atoms with Crippen molar-refractivity contribution in [2.45, 2.75) is 44.6 Å². The molecule has 0 spiro atoms. The number of nitrogens with one attached hydrogen (secondary N) is 1. The zero-order chi connectivity index (χ0) is 12.1. The van der Waals surface area contributed by atoms with Gasteiger partial charge in [-0.05, 0) is 18.9 Å². The lowest BCUT2D eigenvalue weighted by Crippen LogP contribution is -2.21. The Morgan fingerprint density at radius 1 is 1.29 bits per heavy atom. The van der Waals surface area contributed by atoms with E-state index in [-0.39, 0.29) is 5.56 Å². The van der Waals surface area contributed by atoms with Gasteiger partial charge in [0.15, 0.2) is 5.82 Å². The van der Waals surface area contributed by atoms with Gasteiger partial charge in [0, 0.05) is 6.04 Å². The third-order valence-electron chi connectivity index (χ3n) is 3.15. The van der Waals surface area contributed by atoms with Crippen molar-refractivity contribution < 1.29 is 9.90 Å². The molecule has 5 nitrogen and oxygen atoms in total. The molecule has 2 N–H and O–H groups in total. The van der Waals surface area contributed by atoms with E-state index in [1.54, 1.807) is 0 Å². The Hall–Kier alpha value is -1.65. The summed E-state index contributed by atoms with van der Waals surface area (Å²) in [5.41, 5.74) is 0.198. The van der Waals surface area contributed by atoms with Crippen LogP contribution in [0.2, 0.25) is 0 Å². The second kappa shape index (κ2) is 5.61. The van der Waals surface area contributed by atoms with Crippen LogP contribution in [-0.2, 0) is 0 Å². The quantitative estimate of drug-likeness (QED) is 0.786. The molecule has 1 saturated carbocycles. The number of carboxylic acids is 1. The van der Waals surface area contributed by atoms with Gasteiger partial charge in [-0.15, -0.1) is 5.10 Å². The molecule has 1 fully saturated rings. The highest BCUT2D eigenvalue weighted by atomic mass is 16.4. The molecule has 1 heterocycles. The number of hydrogen-bond donors (Lipinski definition) is 2. The SMILES string of the molecule is O=C(O)c1ccnnc1NC1CCCCCC1. The minimum absolute atomic E-state index is 0.198. The fraction of sp³-hybridized carbons (Fsp3) is 0.583. The molecule has 1 aromatic heterocycles. The Balaban J connectivity index is 2.09. The van der Waals surface area contributed by atoms with Crippen molar-refractivity contribution in [3.05, 3.63) is 17.8 Å². The molecular weight excluding hydrogens is 218 g/mol. The molecule has 0 aromatic carbocycles. The Bertz CT molecular complexity index is 387. The minimum Gasteiger partial charge on any atom is -0.478 e. The molecule has 0 bridgehead atoms. The second-order valence-corrected chi connectivity index (χ2v) is 4.43. The molecule has 2 rings (SSSR count). The molecule has 0 unspecified atom stereocenters. The van der Waals surface area contributed by atoms with E-state index in [0.717, 1.165) is 12.8 Å². The highest BCUT2D eigenvalue weighted by Crippen LogP contribution is 2.21. The van der Waals surface area contributed by atoms with Crippen LogP contribution >= 0.6 is 0 Å². The van der Waals surface area contributed by atoms with Gasteiger partial charge in [0.2, 0.25) is 0 Å². The van der Waals surface area contributed by atoms with Gasteiger partial charge in [0.25, 0.3) is 0 Å². The van der Waals surface area contributed by atoms with E-state index in [4.69, 9.17) is 5.11 Å². The standard InChI is InChI=1S/C12H17N3O2/c16-12(17)10-7-8-13-15-11(10)14-9-5-3-1-2-4-6-9/h7-9H,1-6H2,(H,14,15)(H,16,17). The largest absolute Gasteiger partial charge is 0.478 e. The summed E-state index contributed by atoms with van der Waals surface area (Å²) in [6.45, 7) is 0. The van der Waals surface area contributed by atoms with E-state index in [2.05, 4.69) is 15.5 Å². The summed E-state index contributed by atoms with van der Waals surface area (Å²) in [7, 11) is 0.